The summed E-state index contributed by atoms with van der Waals surface area (Å²) >= 11 is 0. The van der Waals surface area contributed by atoms with E-state index in [9.17, 15) is 4.79 Å². The molecule has 100 valence electrons. The van der Waals surface area contributed by atoms with E-state index in [1.165, 1.54) is 5.56 Å². The first-order valence-corrected chi connectivity index (χ1v) is 7.09. The molecule has 1 rings (SSSR count). The van der Waals surface area contributed by atoms with Gasteiger partial charge in [-0.2, -0.15) is 0 Å². The largest absolute Gasteiger partial charge is 0.356 e. The molecule has 2 nitrogen and oxygen atoms in total. The molecular formula is C16H25NO. The summed E-state index contributed by atoms with van der Waals surface area (Å²) < 4.78 is 0. The number of carbonyl (C=O) groups is 1. The summed E-state index contributed by atoms with van der Waals surface area (Å²) in [6, 6.07) is 10.3. The average Bonchev–Trinajstić information content (AvgIpc) is 2.39. The molecule has 0 saturated heterocycles. The lowest BCUT2D eigenvalue weighted by atomic mass is 9.97. The maximum absolute atomic E-state index is 12.0. The number of rotatable bonds is 8. The Balaban J connectivity index is 2.30. The van der Waals surface area contributed by atoms with Gasteiger partial charge in [-0.3, -0.25) is 4.79 Å². The second kappa shape index (κ2) is 8.73. The molecule has 0 radical (unpaired) electrons. The number of nitrogens with one attached hydrogen (secondary N) is 1. The Kier molecular flexibility index (Phi) is 7.16. The zero-order chi connectivity index (χ0) is 13.2. The maximum Gasteiger partial charge on any atom is 0.223 e. The van der Waals surface area contributed by atoms with Gasteiger partial charge in [0.1, 0.15) is 0 Å². The van der Waals surface area contributed by atoms with Crippen molar-refractivity contribution in [3.63, 3.8) is 0 Å². The molecule has 0 aliphatic rings. The van der Waals surface area contributed by atoms with E-state index in [0.717, 1.165) is 38.6 Å². The standard InChI is InChI=1S/C16H25NO/c1-3-8-15(9-4-2)16(18)17-13-12-14-10-6-5-7-11-14/h5-7,10-11,15H,3-4,8-9,12-13H2,1-2H3,(H,17,18). The Labute approximate surface area is 111 Å². The van der Waals surface area contributed by atoms with Gasteiger partial charge in [-0.05, 0) is 24.8 Å². The van der Waals surface area contributed by atoms with Crippen molar-refractivity contribution in [2.24, 2.45) is 5.92 Å². The Bertz CT molecular complexity index is 328. The van der Waals surface area contributed by atoms with Crippen molar-refractivity contribution in [1.82, 2.24) is 5.32 Å². The first kappa shape index (κ1) is 14.7. The van der Waals surface area contributed by atoms with Gasteiger partial charge in [-0.25, -0.2) is 0 Å². The Morgan fingerprint density at radius 3 is 2.28 bits per heavy atom. The summed E-state index contributed by atoms with van der Waals surface area (Å²) in [6.07, 6.45) is 5.08. The first-order chi connectivity index (χ1) is 8.77. The van der Waals surface area contributed by atoms with Crippen molar-refractivity contribution in [3.05, 3.63) is 35.9 Å². The molecular weight excluding hydrogens is 222 g/mol. The number of benzene rings is 1. The molecule has 0 spiro atoms. The molecule has 2 heteroatoms. The van der Waals surface area contributed by atoms with E-state index >= 15 is 0 Å². The fourth-order valence-corrected chi connectivity index (χ4v) is 2.22. The van der Waals surface area contributed by atoms with Crippen LogP contribution in [0.5, 0.6) is 0 Å². The van der Waals surface area contributed by atoms with Crippen molar-refractivity contribution in [2.45, 2.75) is 46.0 Å². The van der Waals surface area contributed by atoms with Gasteiger partial charge in [-0.15, -0.1) is 0 Å². The topological polar surface area (TPSA) is 29.1 Å². The molecule has 0 atom stereocenters. The molecule has 0 heterocycles. The second-order valence-corrected chi connectivity index (χ2v) is 4.80. The lowest BCUT2D eigenvalue weighted by Gasteiger charge is -2.15. The van der Waals surface area contributed by atoms with E-state index < -0.39 is 0 Å². The Hall–Kier alpha value is -1.31. The quantitative estimate of drug-likeness (QED) is 0.747. The molecule has 1 aromatic rings. The van der Waals surface area contributed by atoms with Gasteiger partial charge in [0.25, 0.3) is 0 Å². The van der Waals surface area contributed by atoms with Gasteiger partial charge in [0.2, 0.25) is 5.91 Å². The molecule has 0 aliphatic heterocycles. The van der Waals surface area contributed by atoms with Crippen LogP contribution in [0, 0.1) is 5.92 Å². The van der Waals surface area contributed by atoms with Crippen LogP contribution in [-0.2, 0) is 11.2 Å². The molecule has 0 aromatic heterocycles. The minimum Gasteiger partial charge on any atom is -0.356 e. The summed E-state index contributed by atoms with van der Waals surface area (Å²) in [6.45, 7) is 5.02. The third kappa shape index (κ3) is 5.35. The highest BCUT2D eigenvalue weighted by molar-refractivity contribution is 5.78. The van der Waals surface area contributed by atoms with Gasteiger partial charge in [0, 0.05) is 12.5 Å². The molecule has 0 fully saturated rings. The van der Waals surface area contributed by atoms with Gasteiger partial charge in [0.05, 0.1) is 0 Å². The van der Waals surface area contributed by atoms with Crippen LogP contribution in [0.1, 0.15) is 45.1 Å². The minimum absolute atomic E-state index is 0.204. The third-order valence-electron chi connectivity index (χ3n) is 3.20. The lowest BCUT2D eigenvalue weighted by Crippen LogP contribution is -2.32. The normalized spacial score (nSPS) is 10.6. The van der Waals surface area contributed by atoms with E-state index in [0.29, 0.717) is 0 Å². The molecule has 1 N–H and O–H groups in total. The molecule has 0 saturated carbocycles. The van der Waals surface area contributed by atoms with E-state index in [1.807, 2.05) is 18.2 Å². The van der Waals surface area contributed by atoms with Gasteiger partial charge in [-0.1, -0.05) is 57.0 Å². The van der Waals surface area contributed by atoms with Crippen molar-refractivity contribution in [3.8, 4) is 0 Å². The fraction of sp³-hybridized carbons (Fsp3) is 0.562. The summed E-state index contributed by atoms with van der Waals surface area (Å²) in [5.41, 5.74) is 1.28. The van der Waals surface area contributed by atoms with Crippen LogP contribution < -0.4 is 5.32 Å². The number of hydrogen-bond donors (Lipinski definition) is 1. The lowest BCUT2D eigenvalue weighted by molar-refractivity contribution is -0.125. The Morgan fingerprint density at radius 2 is 1.72 bits per heavy atom. The highest BCUT2D eigenvalue weighted by Gasteiger charge is 2.15. The highest BCUT2D eigenvalue weighted by Crippen LogP contribution is 2.13. The summed E-state index contributed by atoms with van der Waals surface area (Å²) in [4.78, 5) is 12.0. The van der Waals surface area contributed by atoms with Crippen LogP contribution >= 0.6 is 0 Å². The average molecular weight is 247 g/mol. The molecule has 0 bridgehead atoms. The number of hydrogen-bond acceptors (Lipinski definition) is 1. The van der Waals surface area contributed by atoms with Crippen molar-refractivity contribution < 1.29 is 4.79 Å². The summed E-state index contributed by atoms with van der Waals surface area (Å²) in [5, 5.41) is 3.06. The number of carbonyl (C=O) groups excluding carboxylic acids is 1. The summed E-state index contributed by atoms with van der Waals surface area (Å²) in [7, 11) is 0. The predicted octanol–water partition coefficient (Wildman–Crippen LogP) is 3.56. The second-order valence-electron chi connectivity index (χ2n) is 4.80. The Morgan fingerprint density at radius 1 is 1.11 bits per heavy atom. The van der Waals surface area contributed by atoms with E-state index in [4.69, 9.17) is 0 Å². The van der Waals surface area contributed by atoms with Crippen molar-refractivity contribution in [2.75, 3.05) is 6.54 Å². The molecule has 18 heavy (non-hydrogen) atoms. The van der Waals surface area contributed by atoms with Crippen molar-refractivity contribution >= 4 is 5.91 Å². The molecule has 1 aromatic carbocycles. The van der Waals surface area contributed by atoms with Crippen LogP contribution in [0.3, 0.4) is 0 Å². The number of amides is 1. The van der Waals surface area contributed by atoms with E-state index in [1.54, 1.807) is 0 Å². The zero-order valence-electron chi connectivity index (χ0n) is 11.6. The zero-order valence-corrected chi connectivity index (χ0v) is 11.6. The predicted molar refractivity (Wildman–Crippen MR) is 76.5 cm³/mol. The van der Waals surface area contributed by atoms with Crippen LogP contribution in [0.2, 0.25) is 0 Å². The van der Waals surface area contributed by atoms with Crippen LogP contribution in [0.25, 0.3) is 0 Å². The summed E-state index contributed by atoms with van der Waals surface area (Å²) in [5.74, 6) is 0.436. The molecule has 0 unspecified atom stereocenters. The maximum atomic E-state index is 12.0. The van der Waals surface area contributed by atoms with Gasteiger partial charge in [0.15, 0.2) is 0 Å². The molecule has 0 aliphatic carbocycles. The highest BCUT2D eigenvalue weighted by atomic mass is 16.1. The van der Waals surface area contributed by atoms with Crippen LogP contribution in [0.4, 0.5) is 0 Å². The monoisotopic (exact) mass is 247 g/mol. The minimum atomic E-state index is 0.204. The van der Waals surface area contributed by atoms with Crippen LogP contribution in [-0.4, -0.2) is 12.5 Å². The van der Waals surface area contributed by atoms with Crippen LogP contribution in [0.15, 0.2) is 30.3 Å². The third-order valence-corrected chi connectivity index (χ3v) is 3.20. The van der Waals surface area contributed by atoms with Gasteiger partial charge < -0.3 is 5.32 Å². The van der Waals surface area contributed by atoms with Gasteiger partial charge >= 0.3 is 0 Å². The van der Waals surface area contributed by atoms with Crippen molar-refractivity contribution in [1.29, 1.82) is 0 Å². The van der Waals surface area contributed by atoms with E-state index in [-0.39, 0.29) is 11.8 Å². The smallest absolute Gasteiger partial charge is 0.223 e. The SMILES string of the molecule is CCCC(CCC)C(=O)NCCc1ccccc1. The first-order valence-electron chi connectivity index (χ1n) is 7.09. The molecule has 1 amide bonds. The fourth-order valence-electron chi connectivity index (χ4n) is 2.22. The van der Waals surface area contributed by atoms with E-state index in [2.05, 4.69) is 31.3 Å².